The van der Waals surface area contributed by atoms with E-state index in [-0.39, 0.29) is 5.91 Å². The van der Waals surface area contributed by atoms with Crippen molar-refractivity contribution in [2.45, 2.75) is 58.6 Å². The van der Waals surface area contributed by atoms with Gasteiger partial charge in [0.15, 0.2) is 6.10 Å². The molecule has 0 spiro atoms. The molecule has 1 fully saturated rings. The van der Waals surface area contributed by atoms with Crippen LogP contribution in [-0.4, -0.2) is 29.5 Å². The zero-order valence-electron chi connectivity index (χ0n) is 13.1. The predicted octanol–water partition coefficient (Wildman–Crippen LogP) is 4.21. The van der Waals surface area contributed by atoms with Gasteiger partial charge >= 0.3 is 0 Å². The second-order valence-electron chi connectivity index (χ2n) is 5.76. The van der Waals surface area contributed by atoms with Gasteiger partial charge in [-0.3, -0.25) is 4.79 Å². The second kappa shape index (κ2) is 7.17. The highest BCUT2D eigenvalue weighted by molar-refractivity contribution is 6.31. The zero-order chi connectivity index (χ0) is 15.4. The van der Waals surface area contributed by atoms with E-state index in [0.717, 1.165) is 31.4 Å². The van der Waals surface area contributed by atoms with E-state index in [1.165, 1.54) is 6.42 Å². The fourth-order valence-corrected chi connectivity index (χ4v) is 3.01. The van der Waals surface area contributed by atoms with Crippen LogP contribution in [0.2, 0.25) is 5.02 Å². The molecule has 0 saturated carbocycles. The minimum Gasteiger partial charge on any atom is -0.481 e. The van der Waals surface area contributed by atoms with Crippen LogP contribution < -0.4 is 4.74 Å². The molecule has 0 radical (unpaired) electrons. The van der Waals surface area contributed by atoms with Crippen molar-refractivity contribution in [2.24, 2.45) is 0 Å². The lowest BCUT2D eigenvalue weighted by Crippen LogP contribution is -2.48. The van der Waals surface area contributed by atoms with Gasteiger partial charge in [0, 0.05) is 17.6 Å². The number of aryl methyl sites for hydroxylation is 1. The van der Waals surface area contributed by atoms with Crippen molar-refractivity contribution in [1.82, 2.24) is 4.90 Å². The molecule has 0 N–H and O–H groups in total. The second-order valence-corrected chi connectivity index (χ2v) is 6.17. The number of carbonyl (C=O) groups excluding carboxylic acids is 1. The summed E-state index contributed by atoms with van der Waals surface area (Å²) in [5.41, 5.74) is 0.957. The van der Waals surface area contributed by atoms with Gasteiger partial charge in [-0.25, -0.2) is 0 Å². The Kier molecular flexibility index (Phi) is 5.51. The molecule has 2 unspecified atom stereocenters. The number of carbonyl (C=O) groups is 1. The summed E-state index contributed by atoms with van der Waals surface area (Å²) < 4.78 is 5.81. The molecule has 0 bridgehead atoms. The number of likely N-dealkylation sites (tertiary alicyclic amines) is 1. The first-order chi connectivity index (χ1) is 10.0. The number of halogens is 1. The SMILES string of the molecule is CCC1CCCCN1C(=O)C(C)Oc1ccc(Cl)c(C)c1. The highest BCUT2D eigenvalue weighted by Crippen LogP contribution is 2.24. The van der Waals surface area contributed by atoms with Gasteiger partial charge in [-0.15, -0.1) is 0 Å². The summed E-state index contributed by atoms with van der Waals surface area (Å²) in [4.78, 5) is 14.6. The highest BCUT2D eigenvalue weighted by atomic mass is 35.5. The van der Waals surface area contributed by atoms with Gasteiger partial charge in [-0.2, -0.15) is 0 Å². The normalized spacial score (nSPS) is 20.2. The summed E-state index contributed by atoms with van der Waals surface area (Å²) >= 11 is 6.01. The first-order valence-corrected chi connectivity index (χ1v) is 8.14. The molecule has 116 valence electrons. The number of benzene rings is 1. The molecule has 2 rings (SSSR count). The van der Waals surface area contributed by atoms with Crippen molar-refractivity contribution in [3.63, 3.8) is 0 Å². The molecule has 1 amide bonds. The van der Waals surface area contributed by atoms with Gasteiger partial charge in [-0.1, -0.05) is 18.5 Å². The maximum absolute atomic E-state index is 12.6. The van der Waals surface area contributed by atoms with Crippen LogP contribution in [0.25, 0.3) is 0 Å². The molecular formula is C17H24ClNO2. The predicted molar refractivity (Wildman–Crippen MR) is 85.9 cm³/mol. The summed E-state index contributed by atoms with van der Waals surface area (Å²) in [7, 11) is 0. The molecule has 1 aliphatic rings. The minimum absolute atomic E-state index is 0.0918. The van der Waals surface area contributed by atoms with E-state index in [1.807, 2.05) is 30.9 Å². The van der Waals surface area contributed by atoms with E-state index in [9.17, 15) is 4.79 Å². The van der Waals surface area contributed by atoms with Crippen molar-refractivity contribution >= 4 is 17.5 Å². The summed E-state index contributed by atoms with van der Waals surface area (Å²) in [6.07, 6.45) is 3.97. The van der Waals surface area contributed by atoms with Crippen LogP contribution in [0.3, 0.4) is 0 Å². The maximum Gasteiger partial charge on any atom is 0.263 e. The van der Waals surface area contributed by atoms with Crippen LogP contribution >= 0.6 is 11.6 Å². The van der Waals surface area contributed by atoms with Gasteiger partial charge in [0.2, 0.25) is 0 Å². The molecule has 4 heteroatoms. The molecular weight excluding hydrogens is 286 g/mol. The van der Waals surface area contributed by atoms with Crippen LogP contribution in [0.1, 0.15) is 45.1 Å². The van der Waals surface area contributed by atoms with Crippen LogP contribution in [0.15, 0.2) is 18.2 Å². The van der Waals surface area contributed by atoms with E-state index >= 15 is 0 Å². The largest absolute Gasteiger partial charge is 0.481 e. The standard InChI is InChI=1S/C17H24ClNO2/c1-4-14-7-5-6-10-19(14)17(20)13(3)21-15-8-9-16(18)12(2)11-15/h8-9,11,13-14H,4-7,10H2,1-3H3. The van der Waals surface area contributed by atoms with Crippen LogP contribution in [0.4, 0.5) is 0 Å². The molecule has 21 heavy (non-hydrogen) atoms. The smallest absolute Gasteiger partial charge is 0.263 e. The van der Waals surface area contributed by atoms with Gasteiger partial charge < -0.3 is 9.64 Å². The molecule has 1 heterocycles. The van der Waals surface area contributed by atoms with E-state index in [2.05, 4.69) is 6.92 Å². The van der Waals surface area contributed by atoms with Crippen molar-refractivity contribution in [3.8, 4) is 5.75 Å². The number of ether oxygens (including phenoxy) is 1. The summed E-state index contributed by atoms with van der Waals surface area (Å²) in [5, 5.41) is 0.711. The van der Waals surface area contributed by atoms with Gasteiger partial charge in [0.05, 0.1) is 0 Å². The van der Waals surface area contributed by atoms with E-state index < -0.39 is 6.10 Å². The Morgan fingerprint density at radius 2 is 2.24 bits per heavy atom. The third kappa shape index (κ3) is 3.91. The Balaban J connectivity index is 2.02. The summed E-state index contributed by atoms with van der Waals surface area (Å²) in [5.74, 6) is 0.789. The minimum atomic E-state index is -0.460. The number of amides is 1. The van der Waals surface area contributed by atoms with Crippen LogP contribution in [0, 0.1) is 6.92 Å². The molecule has 1 aromatic rings. The summed E-state index contributed by atoms with van der Waals surface area (Å²) in [6, 6.07) is 5.86. The summed E-state index contributed by atoms with van der Waals surface area (Å²) in [6.45, 7) is 6.75. The van der Waals surface area contributed by atoms with Crippen molar-refractivity contribution in [3.05, 3.63) is 28.8 Å². The monoisotopic (exact) mass is 309 g/mol. The number of nitrogens with zero attached hydrogens (tertiary/aromatic N) is 1. The molecule has 1 saturated heterocycles. The van der Waals surface area contributed by atoms with Crippen molar-refractivity contribution < 1.29 is 9.53 Å². The highest BCUT2D eigenvalue weighted by Gasteiger charge is 2.29. The van der Waals surface area contributed by atoms with E-state index in [0.29, 0.717) is 16.8 Å². The molecule has 0 aliphatic carbocycles. The zero-order valence-corrected chi connectivity index (χ0v) is 13.8. The molecule has 1 aromatic carbocycles. The third-order valence-corrected chi connectivity index (χ3v) is 4.60. The lowest BCUT2D eigenvalue weighted by atomic mass is 9.99. The van der Waals surface area contributed by atoms with Crippen molar-refractivity contribution in [1.29, 1.82) is 0 Å². The average Bonchev–Trinajstić information content (AvgIpc) is 2.50. The topological polar surface area (TPSA) is 29.5 Å². The van der Waals surface area contributed by atoms with Gasteiger partial charge in [0.25, 0.3) is 5.91 Å². The molecule has 3 nitrogen and oxygen atoms in total. The van der Waals surface area contributed by atoms with Gasteiger partial charge in [-0.05, 0) is 63.3 Å². The number of piperidine rings is 1. The first kappa shape index (κ1) is 16.2. The fourth-order valence-electron chi connectivity index (χ4n) is 2.89. The Labute approximate surface area is 132 Å². The van der Waals surface area contributed by atoms with E-state index in [4.69, 9.17) is 16.3 Å². The Morgan fingerprint density at radius 1 is 1.48 bits per heavy atom. The average molecular weight is 310 g/mol. The first-order valence-electron chi connectivity index (χ1n) is 7.76. The van der Waals surface area contributed by atoms with Crippen molar-refractivity contribution in [2.75, 3.05) is 6.54 Å². The van der Waals surface area contributed by atoms with Crippen LogP contribution in [0.5, 0.6) is 5.75 Å². The Hall–Kier alpha value is -1.22. The van der Waals surface area contributed by atoms with E-state index in [1.54, 1.807) is 6.07 Å². The molecule has 1 aliphatic heterocycles. The lowest BCUT2D eigenvalue weighted by molar-refractivity contribution is -0.141. The Morgan fingerprint density at radius 3 is 2.90 bits per heavy atom. The van der Waals surface area contributed by atoms with Crippen LogP contribution in [-0.2, 0) is 4.79 Å². The number of hydrogen-bond donors (Lipinski definition) is 0. The fraction of sp³-hybridized carbons (Fsp3) is 0.588. The Bertz CT molecular complexity index is 504. The molecule has 0 aromatic heterocycles. The molecule has 2 atom stereocenters. The lowest BCUT2D eigenvalue weighted by Gasteiger charge is -2.36. The maximum atomic E-state index is 12.6. The third-order valence-electron chi connectivity index (χ3n) is 4.17. The number of hydrogen-bond acceptors (Lipinski definition) is 2. The van der Waals surface area contributed by atoms with Gasteiger partial charge in [0.1, 0.15) is 5.75 Å². The quantitative estimate of drug-likeness (QED) is 0.834. The number of rotatable bonds is 4.